The fourth-order valence-corrected chi connectivity index (χ4v) is 3.25. The topological polar surface area (TPSA) is 48.0 Å². The molecule has 129 valence electrons. The zero-order chi connectivity index (χ0) is 18.4. The standard InChI is InChI=1S/C20H12F3N2O/c21-11-7-8-12-18(9-11)25(10-14-15(22)4-2-5-16(14)23)17-6-1-3-13(19(12)17)20(24)26/h1-7,9H,10H2,(H2,24,26). The molecule has 4 aromatic rings. The Morgan fingerprint density at radius 3 is 2.42 bits per heavy atom. The Labute approximate surface area is 146 Å². The minimum Gasteiger partial charge on any atom is -0.366 e. The van der Waals surface area contributed by atoms with Gasteiger partial charge in [-0.1, -0.05) is 12.1 Å². The molecule has 0 bridgehead atoms. The second-order valence-corrected chi connectivity index (χ2v) is 5.93. The third-order valence-corrected chi connectivity index (χ3v) is 4.40. The Kier molecular flexibility index (Phi) is 3.68. The Morgan fingerprint density at radius 2 is 1.73 bits per heavy atom. The highest BCUT2D eigenvalue weighted by Gasteiger charge is 2.19. The van der Waals surface area contributed by atoms with Crippen LogP contribution in [-0.2, 0) is 6.54 Å². The third kappa shape index (κ3) is 2.42. The minimum atomic E-state index is -0.702. The van der Waals surface area contributed by atoms with Crippen molar-refractivity contribution < 1.29 is 18.0 Å². The molecule has 0 aliphatic rings. The number of nitrogens with two attached hydrogens (primary N) is 1. The lowest BCUT2D eigenvalue weighted by molar-refractivity contribution is 0.100. The van der Waals surface area contributed by atoms with Crippen LogP contribution in [0.1, 0.15) is 15.9 Å². The molecule has 1 radical (unpaired) electrons. The highest BCUT2D eigenvalue weighted by Crippen LogP contribution is 2.33. The van der Waals surface area contributed by atoms with Crippen molar-refractivity contribution in [2.24, 2.45) is 5.73 Å². The molecule has 0 saturated heterocycles. The first kappa shape index (κ1) is 16.2. The van der Waals surface area contributed by atoms with E-state index in [1.807, 2.05) is 0 Å². The summed E-state index contributed by atoms with van der Waals surface area (Å²) >= 11 is 0. The van der Waals surface area contributed by atoms with Crippen LogP contribution in [0.5, 0.6) is 0 Å². The van der Waals surface area contributed by atoms with Gasteiger partial charge in [-0.05, 0) is 42.5 Å². The fourth-order valence-electron chi connectivity index (χ4n) is 3.25. The van der Waals surface area contributed by atoms with E-state index in [-0.39, 0.29) is 17.7 Å². The highest BCUT2D eigenvalue weighted by atomic mass is 19.1. The molecule has 1 amide bonds. The summed E-state index contributed by atoms with van der Waals surface area (Å²) in [5.74, 6) is -2.60. The SMILES string of the molecule is NC(=O)c1cccc2c1c1[c]cc(F)cc1n2Cc1c(F)cccc1F. The number of carbonyl (C=O) groups excluding carboxylic acids is 1. The average molecular weight is 353 g/mol. The zero-order valence-electron chi connectivity index (χ0n) is 13.4. The summed E-state index contributed by atoms with van der Waals surface area (Å²) in [5, 5.41) is 0.944. The number of benzene rings is 3. The van der Waals surface area contributed by atoms with Gasteiger partial charge in [-0.2, -0.15) is 0 Å². The van der Waals surface area contributed by atoms with Gasteiger partial charge in [0.05, 0.1) is 17.6 Å². The van der Waals surface area contributed by atoms with Crippen LogP contribution in [0.15, 0.2) is 48.5 Å². The number of fused-ring (bicyclic) bond motifs is 3. The van der Waals surface area contributed by atoms with Crippen LogP contribution in [0.4, 0.5) is 13.2 Å². The number of hydrogen-bond acceptors (Lipinski definition) is 1. The Morgan fingerprint density at radius 1 is 1.04 bits per heavy atom. The van der Waals surface area contributed by atoms with E-state index in [0.717, 1.165) is 18.2 Å². The van der Waals surface area contributed by atoms with Crippen LogP contribution in [0, 0.1) is 23.5 Å². The molecular weight excluding hydrogens is 341 g/mol. The first-order chi connectivity index (χ1) is 12.5. The van der Waals surface area contributed by atoms with Gasteiger partial charge in [0.1, 0.15) is 17.5 Å². The maximum absolute atomic E-state index is 14.1. The zero-order valence-corrected chi connectivity index (χ0v) is 13.4. The van der Waals surface area contributed by atoms with E-state index < -0.39 is 23.4 Å². The third-order valence-electron chi connectivity index (χ3n) is 4.40. The second-order valence-electron chi connectivity index (χ2n) is 5.93. The lowest BCUT2D eigenvalue weighted by Gasteiger charge is -2.10. The molecule has 0 spiro atoms. The first-order valence-electron chi connectivity index (χ1n) is 7.82. The Hall–Kier alpha value is -3.28. The highest BCUT2D eigenvalue weighted by molar-refractivity contribution is 6.17. The molecule has 0 fully saturated rings. The number of carbonyl (C=O) groups is 1. The molecular formula is C20H12F3N2O. The quantitative estimate of drug-likeness (QED) is 0.591. The number of amides is 1. The molecule has 2 N–H and O–H groups in total. The van der Waals surface area contributed by atoms with Gasteiger partial charge >= 0.3 is 0 Å². The normalized spacial score (nSPS) is 11.3. The van der Waals surface area contributed by atoms with Gasteiger partial charge in [0.2, 0.25) is 5.91 Å². The summed E-state index contributed by atoms with van der Waals surface area (Å²) in [5.41, 5.74) is 6.43. The smallest absolute Gasteiger partial charge is 0.249 e. The van der Waals surface area contributed by atoms with Crippen LogP contribution in [0.2, 0.25) is 0 Å². The van der Waals surface area contributed by atoms with Crippen molar-refractivity contribution in [2.75, 3.05) is 0 Å². The summed E-state index contributed by atoms with van der Waals surface area (Å²) in [6.07, 6.45) is 0. The van der Waals surface area contributed by atoms with E-state index in [4.69, 9.17) is 5.73 Å². The van der Waals surface area contributed by atoms with E-state index in [0.29, 0.717) is 21.8 Å². The van der Waals surface area contributed by atoms with Crippen molar-refractivity contribution in [3.8, 4) is 0 Å². The maximum atomic E-state index is 14.1. The molecule has 3 aromatic carbocycles. The maximum Gasteiger partial charge on any atom is 0.249 e. The largest absolute Gasteiger partial charge is 0.366 e. The predicted molar refractivity (Wildman–Crippen MR) is 92.2 cm³/mol. The molecule has 0 saturated carbocycles. The van der Waals surface area contributed by atoms with Gasteiger partial charge < -0.3 is 10.3 Å². The second kappa shape index (κ2) is 5.91. The molecule has 1 heterocycles. The predicted octanol–water partition coefficient (Wildman–Crippen LogP) is 4.16. The average Bonchev–Trinajstić information content (AvgIpc) is 2.91. The van der Waals surface area contributed by atoms with E-state index in [1.54, 1.807) is 22.8 Å². The van der Waals surface area contributed by atoms with Gasteiger partial charge in [-0.15, -0.1) is 0 Å². The van der Waals surface area contributed by atoms with Crippen molar-refractivity contribution in [3.63, 3.8) is 0 Å². The van der Waals surface area contributed by atoms with E-state index >= 15 is 0 Å². The number of primary amides is 1. The molecule has 6 heteroatoms. The summed E-state index contributed by atoms with van der Waals surface area (Å²) in [6, 6.07) is 13.6. The van der Waals surface area contributed by atoms with Crippen LogP contribution in [-0.4, -0.2) is 10.5 Å². The van der Waals surface area contributed by atoms with Crippen molar-refractivity contribution in [1.29, 1.82) is 0 Å². The number of hydrogen-bond donors (Lipinski definition) is 1. The monoisotopic (exact) mass is 353 g/mol. The summed E-state index contributed by atoms with van der Waals surface area (Å²) in [6.45, 7) is -0.169. The van der Waals surface area contributed by atoms with Crippen molar-refractivity contribution in [3.05, 3.63) is 83.2 Å². The van der Waals surface area contributed by atoms with Crippen LogP contribution in [0.25, 0.3) is 21.8 Å². The van der Waals surface area contributed by atoms with Crippen molar-refractivity contribution >= 4 is 27.7 Å². The number of halogens is 3. The summed E-state index contributed by atoms with van der Waals surface area (Å²) < 4.78 is 43.6. The van der Waals surface area contributed by atoms with Crippen molar-refractivity contribution in [2.45, 2.75) is 6.54 Å². The molecule has 26 heavy (non-hydrogen) atoms. The summed E-state index contributed by atoms with van der Waals surface area (Å²) in [4.78, 5) is 11.8. The van der Waals surface area contributed by atoms with E-state index in [2.05, 4.69) is 6.07 Å². The van der Waals surface area contributed by atoms with E-state index in [1.165, 1.54) is 12.1 Å². The van der Waals surface area contributed by atoms with Crippen LogP contribution >= 0.6 is 0 Å². The number of nitrogens with zero attached hydrogens (tertiary/aromatic N) is 1. The summed E-state index contributed by atoms with van der Waals surface area (Å²) in [7, 11) is 0. The molecule has 0 aliphatic heterocycles. The lowest BCUT2D eigenvalue weighted by atomic mass is 10.1. The number of aromatic nitrogens is 1. The van der Waals surface area contributed by atoms with Gasteiger partial charge in [-0.3, -0.25) is 4.79 Å². The lowest BCUT2D eigenvalue weighted by Crippen LogP contribution is -2.11. The Bertz CT molecular complexity index is 1160. The van der Waals surface area contributed by atoms with Gasteiger partial charge in [-0.25, -0.2) is 13.2 Å². The van der Waals surface area contributed by atoms with Crippen LogP contribution < -0.4 is 5.73 Å². The molecule has 4 rings (SSSR count). The van der Waals surface area contributed by atoms with Gasteiger partial charge in [0, 0.05) is 21.9 Å². The molecule has 0 unspecified atom stereocenters. The molecule has 3 nitrogen and oxygen atoms in total. The molecule has 0 aliphatic carbocycles. The minimum absolute atomic E-state index is 0.153. The number of rotatable bonds is 3. The molecule has 1 aromatic heterocycles. The molecule has 0 atom stereocenters. The van der Waals surface area contributed by atoms with Crippen LogP contribution in [0.3, 0.4) is 0 Å². The Balaban J connectivity index is 2.09. The van der Waals surface area contributed by atoms with Gasteiger partial charge in [0.15, 0.2) is 0 Å². The van der Waals surface area contributed by atoms with E-state index in [9.17, 15) is 18.0 Å². The van der Waals surface area contributed by atoms with Crippen molar-refractivity contribution in [1.82, 2.24) is 4.57 Å². The van der Waals surface area contributed by atoms with Gasteiger partial charge in [0.25, 0.3) is 0 Å². The fraction of sp³-hybridized carbons (Fsp3) is 0.0500. The first-order valence-corrected chi connectivity index (χ1v) is 7.82.